The molecule has 0 amide bonds. The average molecular weight is 200 g/mol. The summed E-state index contributed by atoms with van der Waals surface area (Å²) in [7, 11) is 0. The largest absolute Gasteiger partial charge is 0.857 e. The van der Waals surface area contributed by atoms with Gasteiger partial charge in [0, 0.05) is 18.4 Å². The van der Waals surface area contributed by atoms with E-state index < -0.39 is 0 Å². The van der Waals surface area contributed by atoms with Crippen molar-refractivity contribution in [1.82, 2.24) is 0 Å². The van der Waals surface area contributed by atoms with E-state index in [2.05, 4.69) is 5.10 Å². The third-order valence-electron chi connectivity index (χ3n) is 2.14. The minimum Gasteiger partial charge on any atom is -0.857 e. The summed E-state index contributed by atoms with van der Waals surface area (Å²) < 4.78 is 1.67. The molecule has 1 aromatic carbocycles. The molecule has 3 heteroatoms. The van der Waals surface area contributed by atoms with E-state index in [-0.39, 0.29) is 5.90 Å². The van der Waals surface area contributed by atoms with Crippen molar-refractivity contribution in [2.75, 3.05) is 6.54 Å². The Labute approximate surface area is 88.7 Å². The molecule has 1 aliphatic heterocycles. The van der Waals surface area contributed by atoms with E-state index in [0.29, 0.717) is 13.0 Å². The maximum Gasteiger partial charge on any atom is 0.196 e. The second kappa shape index (κ2) is 4.55. The Kier molecular flexibility index (Phi) is 2.93. The van der Waals surface area contributed by atoms with Crippen LogP contribution in [0.4, 0.5) is 0 Å². The highest BCUT2D eigenvalue weighted by Gasteiger charge is 2.08. The summed E-state index contributed by atoms with van der Waals surface area (Å²) in [4.78, 5) is 0. The van der Waals surface area contributed by atoms with Gasteiger partial charge >= 0.3 is 0 Å². The number of rotatable bonds is 2. The molecule has 0 aliphatic carbocycles. The molecule has 3 nitrogen and oxygen atoms in total. The van der Waals surface area contributed by atoms with Crippen LogP contribution in [-0.2, 0) is 0 Å². The molecule has 1 aromatic rings. The van der Waals surface area contributed by atoms with Crippen LogP contribution in [-0.4, -0.2) is 23.3 Å². The SMILES string of the molecule is [O-]C1=N[N+](=CC=Cc2ccccc2)CC1. The first-order chi connectivity index (χ1) is 7.34. The second-order valence-corrected chi connectivity index (χ2v) is 3.33. The summed E-state index contributed by atoms with van der Waals surface area (Å²) in [6, 6.07) is 10.0. The number of hydrazone groups is 1. The third-order valence-corrected chi connectivity index (χ3v) is 2.14. The van der Waals surface area contributed by atoms with Gasteiger partial charge in [-0.25, -0.2) is 0 Å². The Morgan fingerprint density at radius 2 is 2.07 bits per heavy atom. The van der Waals surface area contributed by atoms with Gasteiger partial charge in [-0.1, -0.05) is 35.0 Å². The van der Waals surface area contributed by atoms with Gasteiger partial charge < -0.3 is 5.11 Å². The lowest BCUT2D eigenvalue weighted by molar-refractivity contribution is -0.519. The van der Waals surface area contributed by atoms with Gasteiger partial charge in [0.05, 0.1) is 0 Å². The Hall–Kier alpha value is -1.90. The summed E-state index contributed by atoms with van der Waals surface area (Å²) in [6.07, 6.45) is 6.23. The molecule has 0 fully saturated rings. The van der Waals surface area contributed by atoms with Crippen molar-refractivity contribution >= 4 is 18.2 Å². The van der Waals surface area contributed by atoms with Crippen molar-refractivity contribution in [3.8, 4) is 0 Å². The van der Waals surface area contributed by atoms with Gasteiger partial charge in [-0.3, -0.25) is 0 Å². The number of hydrogen-bond donors (Lipinski definition) is 0. The van der Waals surface area contributed by atoms with Crippen molar-refractivity contribution in [2.45, 2.75) is 6.42 Å². The van der Waals surface area contributed by atoms with E-state index in [1.165, 1.54) is 0 Å². The molecule has 1 aliphatic rings. The first kappa shape index (κ1) is 9.65. The molecule has 0 spiro atoms. The van der Waals surface area contributed by atoms with Gasteiger partial charge in [0.2, 0.25) is 0 Å². The normalized spacial score (nSPS) is 18.7. The first-order valence-corrected chi connectivity index (χ1v) is 4.92. The maximum atomic E-state index is 10.8. The second-order valence-electron chi connectivity index (χ2n) is 3.33. The zero-order valence-corrected chi connectivity index (χ0v) is 8.34. The molecule has 0 radical (unpaired) electrons. The van der Waals surface area contributed by atoms with Crippen LogP contribution in [0, 0.1) is 0 Å². The minimum absolute atomic E-state index is 0.0423. The summed E-state index contributed by atoms with van der Waals surface area (Å²) in [5.41, 5.74) is 1.14. The number of benzene rings is 1. The Morgan fingerprint density at radius 1 is 1.27 bits per heavy atom. The predicted octanol–water partition coefficient (Wildman–Crippen LogP) is 0.861. The van der Waals surface area contributed by atoms with Gasteiger partial charge in [0.15, 0.2) is 12.8 Å². The van der Waals surface area contributed by atoms with Crippen molar-refractivity contribution in [3.63, 3.8) is 0 Å². The van der Waals surface area contributed by atoms with Gasteiger partial charge in [0.1, 0.15) is 0 Å². The minimum atomic E-state index is -0.0423. The fourth-order valence-electron chi connectivity index (χ4n) is 1.38. The number of nitrogens with zero attached hydrogens (tertiary/aromatic N) is 2. The molecule has 0 unspecified atom stereocenters. The topological polar surface area (TPSA) is 38.4 Å². The van der Waals surface area contributed by atoms with Crippen molar-refractivity contribution in [3.05, 3.63) is 42.0 Å². The molecule has 2 rings (SSSR count). The average Bonchev–Trinajstić information content (AvgIpc) is 2.66. The van der Waals surface area contributed by atoms with Crippen molar-refractivity contribution in [1.29, 1.82) is 0 Å². The third kappa shape index (κ3) is 2.77. The van der Waals surface area contributed by atoms with E-state index in [1.807, 2.05) is 48.7 Å². The fraction of sp³-hybridized carbons (Fsp3) is 0.167. The van der Waals surface area contributed by atoms with Crippen LogP contribution in [0.5, 0.6) is 0 Å². The molecule has 0 saturated heterocycles. The molecule has 0 atom stereocenters. The molecule has 0 N–H and O–H groups in total. The van der Waals surface area contributed by atoms with E-state index in [1.54, 1.807) is 4.68 Å². The van der Waals surface area contributed by atoms with Gasteiger partial charge in [-0.05, 0) is 16.7 Å². The summed E-state index contributed by atoms with van der Waals surface area (Å²) in [5, 5.41) is 14.6. The summed E-state index contributed by atoms with van der Waals surface area (Å²) >= 11 is 0. The van der Waals surface area contributed by atoms with Crippen LogP contribution < -0.4 is 5.11 Å². The van der Waals surface area contributed by atoms with Crippen LogP contribution in [0.2, 0.25) is 0 Å². The maximum absolute atomic E-state index is 10.8. The molecule has 15 heavy (non-hydrogen) atoms. The highest BCUT2D eigenvalue weighted by atomic mass is 16.3. The molecular weight excluding hydrogens is 188 g/mol. The van der Waals surface area contributed by atoms with Crippen LogP contribution >= 0.6 is 0 Å². The van der Waals surface area contributed by atoms with Gasteiger partial charge in [0.25, 0.3) is 0 Å². The summed E-state index contributed by atoms with van der Waals surface area (Å²) in [5.74, 6) is -0.0423. The lowest BCUT2D eigenvalue weighted by atomic mass is 10.2. The lowest BCUT2D eigenvalue weighted by Gasteiger charge is -1.89. The van der Waals surface area contributed by atoms with E-state index >= 15 is 0 Å². The van der Waals surface area contributed by atoms with E-state index in [9.17, 15) is 5.11 Å². The van der Waals surface area contributed by atoms with Crippen LogP contribution in [0.1, 0.15) is 12.0 Å². The predicted molar refractivity (Wildman–Crippen MR) is 58.7 cm³/mol. The van der Waals surface area contributed by atoms with Crippen LogP contribution in [0.3, 0.4) is 0 Å². The lowest BCUT2D eigenvalue weighted by Crippen LogP contribution is -2.13. The molecule has 76 valence electrons. The summed E-state index contributed by atoms with van der Waals surface area (Å²) in [6.45, 7) is 0.692. The molecule has 0 saturated carbocycles. The van der Waals surface area contributed by atoms with Crippen molar-refractivity contribution in [2.24, 2.45) is 5.10 Å². The monoisotopic (exact) mass is 200 g/mol. The van der Waals surface area contributed by atoms with Crippen molar-refractivity contribution < 1.29 is 9.79 Å². The Balaban J connectivity index is 2.02. The van der Waals surface area contributed by atoms with E-state index in [0.717, 1.165) is 5.56 Å². The molecule has 0 aromatic heterocycles. The molecule has 0 bridgehead atoms. The smallest absolute Gasteiger partial charge is 0.196 e. The van der Waals surface area contributed by atoms with Crippen LogP contribution in [0.25, 0.3) is 6.08 Å². The highest BCUT2D eigenvalue weighted by Crippen LogP contribution is 2.00. The Bertz CT molecular complexity index is 419. The zero-order valence-electron chi connectivity index (χ0n) is 8.34. The van der Waals surface area contributed by atoms with Gasteiger partial charge in [-0.15, -0.1) is 0 Å². The zero-order chi connectivity index (χ0) is 10.5. The van der Waals surface area contributed by atoms with E-state index in [4.69, 9.17) is 0 Å². The first-order valence-electron chi connectivity index (χ1n) is 4.92. The highest BCUT2D eigenvalue weighted by molar-refractivity contribution is 5.76. The van der Waals surface area contributed by atoms with Gasteiger partial charge in [-0.2, -0.15) is 0 Å². The Morgan fingerprint density at radius 3 is 2.73 bits per heavy atom. The number of hydrogen-bond acceptors (Lipinski definition) is 2. The van der Waals surface area contributed by atoms with Crippen LogP contribution in [0.15, 0.2) is 41.5 Å². The molecular formula is C12H12N2O. The number of allylic oxidation sites excluding steroid dienone is 1. The standard InChI is InChI=1S/C12H12N2O/c15-12-8-10-14(13-12)9-4-7-11-5-2-1-3-6-11/h1-7,9H,8,10H2. The molecule has 1 heterocycles. The quantitative estimate of drug-likeness (QED) is 0.652. The fourth-order valence-corrected chi connectivity index (χ4v) is 1.38.